The van der Waals surface area contributed by atoms with Crippen LogP contribution in [0, 0.1) is 0 Å². The van der Waals surface area contributed by atoms with E-state index in [9.17, 15) is 9.59 Å². The Morgan fingerprint density at radius 2 is 1.85 bits per heavy atom. The molecule has 2 N–H and O–H groups in total. The van der Waals surface area contributed by atoms with Crippen molar-refractivity contribution in [2.45, 2.75) is 32.1 Å². The van der Waals surface area contributed by atoms with E-state index >= 15 is 0 Å². The van der Waals surface area contributed by atoms with Crippen molar-refractivity contribution < 1.29 is 14.3 Å². The van der Waals surface area contributed by atoms with Crippen LogP contribution in [0.4, 0.5) is 5.69 Å². The number of benzene rings is 1. The van der Waals surface area contributed by atoms with Crippen LogP contribution in [0.25, 0.3) is 0 Å². The summed E-state index contributed by atoms with van der Waals surface area (Å²) in [5.41, 5.74) is 2.01. The Bertz CT molecular complexity index is 830. The largest absolute Gasteiger partial charge is 0.497 e. The van der Waals surface area contributed by atoms with Crippen molar-refractivity contribution in [1.82, 2.24) is 15.5 Å². The first-order valence-corrected chi connectivity index (χ1v) is 9.72. The first kappa shape index (κ1) is 19.0. The van der Waals surface area contributed by atoms with Crippen LogP contribution in [-0.4, -0.2) is 35.7 Å². The third-order valence-electron chi connectivity index (χ3n) is 4.28. The number of rotatable bonds is 7. The van der Waals surface area contributed by atoms with Gasteiger partial charge in [0.25, 0.3) is 11.8 Å². The molecule has 0 saturated heterocycles. The van der Waals surface area contributed by atoms with E-state index in [4.69, 9.17) is 4.74 Å². The van der Waals surface area contributed by atoms with Crippen LogP contribution in [0.15, 0.2) is 35.9 Å². The van der Waals surface area contributed by atoms with E-state index in [1.807, 2.05) is 0 Å². The topological polar surface area (TPSA) is 93.2 Å². The second-order valence-electron chi connectivity index (χ2n) is 6.21. The maximum absolute atomic E-state index is 12.3. The van der Waals surface area contributed by atoms with Gasteiger partial charge in [0.2, 0.25) is 10.0 Å². The van der Waals surface area contributed by atoms with Crippen LogP contribution in [0.2, 0.25) is 0 Å². The third-order valence-corrected chi connectivity index (χ3v) is 5.20. The van der Waals surface area contributed by atoms with E-state index in [0.29, 0.717) is 18.0 Å². The predicted molar refractivity (Wildman–Crippen MR) is 104 cm³/mol. The molecular weight excluding hydrogens is 364 g/mol. The highest BCUT2D eigenvalue weighted by molar-refractivity contribution is 7.15. The number of hydrogen-bond acceptors (Lipinski definition) is 6. The lowest BCUT2D eigenvalue weighted by Gasteiger charge is -2.12. The molecule has 0 saturated carbocycles. The van der Waals surface area contributed by atoms with Gasteiger partial charge in [0.15, 0.2) is 0 Å². The molecule has 0 atom stereocenters. The maximum atomic E-state index is 12.3. The number of carbonyl (C=O) groups excluding carboxylic acids is 2. The summed E-state index contributed by atoms with van der Waals surface area (Å²) in [7, 11) is 1.58. The summed E-state index contributed by atoms with van der Waals surface area (Å²) in [6, 6.07) is 6.95. The molecule has 0 unspecified atom stereocenters. The molecule has 1 aliphatic carbocycles. The fourth-order valence-corrected chi connectivity index (χ4v) is 3.46. The molecule has 1 aromatic carbocycles. The number of carbonyl (C=O) groups is 2. The van der Waals surface area contributed by atoms with Crippen molar-refractivity contribution in [2.24, 2.45) is 0 Å². The zero-order valence-electron chi connectivity index (χ0n) is 15.2. The lowest BCUT2D eigenvalue weighted by Crippen LogP contribution is -2.24. The van der Waals surface area contributed by atoms with Crippen LogP contribution in [0.1, 0.15) is 51.7 Å². The summed E-state index contributed by atoms with van der Waals surface area (Å²) in [4.78, 5) is 24.4. The highest BCUT2D eigenvalue weighted by Crippen LogP contribution is 2.20. The number of ether oxygens (including phenoxy) is 1. The van der Waals surface area contributed by atoms with Gasteiger partial charge in [-0.05, 0) is 56.4 Å². The first-order chi connectivity index (χ1) is 13.2. The Morgan fingerprint density at radius 1 is 1.11 bits per heavy atom. The summed E-state index contributed by atoms with van der Waals surface area (Å²) in [6.45, 7) is 0.567. The molecule has 7 nitrogen and oxygen atoms in total. The number of aromatic nitrogens is 2. The van der Waals surface area contributed by atoms with Gasteiger partial charge in [-0.15, -0.1) is 10.2 Å². The van der Waals surface area contributed by atoms with Gasteiger partial charge in [0.1, 0.15) is 5.75 Å². The standard InChI is InChI=1S/C19H22N4O3S/c1-26-15-9-7-14(8-10-15)21-17(25)19-23-22-18(27-19)16(24)20-12-11-13-5-3-2-4-6-13/h5,7-10H,2-4,6,11-12H2,1H3,(H,20,24)(H,21,25). The molecule has 3 rings (SSSR count). The van der Waals surface area contributed by atoms with Gasteiger partial charge in [-0.25, -0.2) is 0 Å². The number of allylic oxidation sites excluding steroid dienone is 1. The highest BCUT2D eigenvalue weighted by atomic mass is 32.1. The van der Waals surface area contributed by atoms with E-state index in [1.165, 1.54) is 18.4 Å². The van der Waals surface area contributed by atoms with Gasteiger partial charge in [0.05, 0.1) is 7.11 Å². The first-order valence-electron chi connectivity index (χ1n) is 8.91. The van der Waals surface area contributed by atoms with Crippen LogP contribution >= 0.6 is 11.3 Å². The zero-order chi connectivity index (χ0) is 19.1. The minimum absolute atomic E-state index is 0.144. The minimum Gasteiger partial charge on any atom is -0.497 e. The average molecular weight is 386 g/mol. The number of methoxy groups -OCH3 is 1. The summed E-state index contributed by atoms with van der Waals surface area (Å²) < 4.78 is 5.08. The average Bonchev–Trinajstić information content (AvgIpc) is 3.20. The second-order valence-corrected chi connectivity index (χ2v) is 7.19. The quantitative estimate of drug-likeness (QED) is 0.711. The molecule has 27 heavy (non-hydrogen) atoms. The summed E-state index contributed by atoms with van der Waals surface area (Å²) in [5.74, 6) is 0.00310. The van der Waals surface area contributed by atoms with Crippen molar-refractivity contribution >= 4 is 28.8 Å². The van der Waals surface area contributed by atoms with Crippen LogP contribution in [-0.2, 0) is 0 Å². The molecule has 0 radical (unpaired) electrons. The number of amides is 2. The molecule has 142 valence electrons. The minimum atomic E-state index is -0.399. The third kappa shape index (κ3) is 5.37. The fourth-order valence-electron chi connectivity index (χ4n) is 2.81. The Morgan fingerprint density at radius 3 is 2.52 bits per heavy atom. The van der Waals surface area contributed by atoms with Crippen LogP contribution in [0.5, 0.6) is 5.75 Å². The van der Waals surface area contributed by atoms with Gasteiger partial charge >= 0.3 is 0 Å². The molecule has 2 amide bonds. The lowest BCUT2D eigenvalue weighted by molar-refractivity contribution is 0.0951. The monoisotopic (exact) mass is 386 g/mol. The zero-order valence-corrected chi connectivity index (χ0v) is 16.0. The molecule has 1 aliphatic rings. The molecule has 1 aromatic heterocycles. The van der Waals surface area contributed by atoms with Crippen molar-refractivity contribution in [3.8, 4) is 5.75 Å². The predicted octanol–water partition coefficient (Wildman–Crippen LogP) is 3.42. The van der Waals surface area contributed by atoms with Gasteiger partial charge < -0.3 is 15.4 Å². The van der Waals surface area contributed by atoms with Gasteiger partial charge in [-0.2, -0.15) is 0 Å². The molecule has 0 spiro atoms. The fraction of sp³-hybridized carbons (Fsp3) is 0.368. The molecule has 8 heteroatoms. The van der Waals surface area contributed by atoms with Gasteiger partial charge in [0, 0.05) is 12.2 Å². The van der Waals surface area contributed by atoms with Crippen molar-refractivity contribution in [3.05, 3.63) is 45.9 Å². The summed E-state index contributed by atoms with van der Waals surface area (Å²) in [6.07, 6.45) is 7.85. The van der Waals surface area contributed by atoms with Gasteiger partial charge in [-0.3, -0.25) is 9.59 Å². The number of nitrogens with zero attached hydrogens (tertiary/aromatic N) is 2. The normalized spacial score (nSPS) is 13.6. The van der Waals surface area contributed by atoms with E-state index in [0.717, 1.165) is 30.6 Å². The smallest absolute Gasteiger partial charge is 0.286 e. The van der Waals surface area contributed by atoms with E-state index < -0.39 is 5.91 Å². The molecule has 0 fully saturated rings. The Labute approximate surface area is 161 Å². The van der Waals surface area contributed by atoms with Crippen LogP contribution in [0.3, 0.4) is 0 Å². The SMILES string of the molecule is COc1ccc(NC(=O)c2nnc(C(=O)NCCC3=CCCCC3)s2)cc1. The number of nitrogens with one attached hydrogen (secondary N) is 2. The Kier molecular flexibility index (Phi) is 6.54. The highest BCUT2D eigenvalue weighted by Gasteiger charge is 2.17. The molecule has 2 aromatic rings. The van der Waals surface area contributed by atoms with E-state index in [2.05, 4.69) is 26.9 Å². The number of anilines is 1. The Hall–Kier alpha value is -2.74. The molecule has 0 bridgehead atoms. The van der Waals surface area contributed by atoms with Crippen molar-refractivity contribution in [1.29, 1.82) is 0 Å². The summed E-state index contributed by atoms with van der Waals surface area (Å²) in [5, 5.41) is 13.6. The van der Waals surface area contributed by atoms with E-state index in [-0.39, 0.29) is 15.9 Å². The molecule has 1 heterocycles. The maximum Gasteiger partial charge on any atom is 0.286 e. The van der Waals surface area contributed by atoms with Crippen molar-refractivity contribution in [2.75, 3.05) is 19.0 Å². The van der Waals surface area contributed by atoms with E-state index in [1.54, 1.807) is 31.4 Å². The summed E-state index contributed by atoms with van der Waals surface area (Å²) >= 11 is 0.976. The molecule has 0 aliphatic heterocycles. The Balaban J connectivity index is 1.51. The van der Waals surface area contributed by atoms with Crippen molar-refractivity contribution in [3.63, 3.8) is 0 Å². The lowest BCUT2D eigenvalue weighted by atomic mass is 9.97. The van der Waals surface area contributed by atoms with Crippen LogP contribution < -0.4 is 15.4 Å². The molecular formula is C19H22N4O3S. The van der Waals surface area contributed by atoms with Gasteiger partial charge in [-0.1, -0.05) is 23.0 Å². The second kappa shape index (κ2) is 9.27. The number of hydrogen-bond donors (Lipinski definition) is 2.